The smallest absolute Gasteiger partial charge is 0.223 e. The number of fused-ring (bicyclic) bond motifs is 2. The molecule has 1 atom stereocenters. The molecular formula is C19H18ClN3O. The summed E-state index contributed by atoms with van der Waals surface area (Å²) in [5.74, 6) is 1.16. The number of ether oxygens (including phenoxy) is 1. The van der Waals surface area contributed by atoms with E-state index in [0.717, 1.165) is 41.7 Å². The molecule has 0 radical (unpaired) electrons. The molecule has 0 aliphatic carbocycles. The van der Waals surface area contributed by atoms with Gasteiger partial charge < -0.3 is 10.1 Å². The Morgan fingerprint density at radius 2 is 2.04 bits per heavy atom. The first-order valence-corrected chi connectivity index (χ1v) is 8.45. The summed E-state index contributed by atoms with van der Waals surface area (Å²) in [5, 5.41) is 4.90. The van der Waals surface area contributed by atoms with Gasteiger partial charge in [-0.25, -0.2) is 9.97 Å². The van der Waals surface area contributed by atoms with Crippen LogP contribution in [0.1, 0.15) is 23.6 Å². The van der Waals surface area contributed by atoms with Gasteiger partial charge in [-0.05, 0) is 54.3 Å². The lowest BCUT2D eigenvalue weighted by atomic mass is 9.91. The van der Waals surface area contributed by atoms with Crippen LogP contribution >= 0.6 is 11.6 Å². The van der Waals surface area contributed by atoms with Crippen LogP contribution in [0.5, 0.6) is 5.75 Å². The lowest BCUT2D eigenvalue weighted by Crippen LogP contribution is -2.08. The Bertz CT molecular complexity index is 897. The first kappa shape index (κ1) is 15.2. The second-order valence-corrected chi connectivity index (χ2v) is 6.37. The Kier molecular flexibility index (Phi) is 3.98. The second-order valence-electron chi connectivity index (χ2n) is 6.03. The van der Waals surface area contributed by atoms with Crippen molar-refractivity contribution >= 4 is 28.2 Å². The third-order valence-corrected chi connectivity index (χ3v) is 4.75. The number of anilines is 1. The number of hydrogen-bond acceptors (Lipinski definition) is 4. The topological polar surface area (TPSA) is 47.0 Å². The van der Waals surface area contributed by atoms with Gasteiger partial charge in [-0.1, -0.05) is 18.2 Å². The molecule has 3 aromatic rings. The fourth-order valence-corrected chi connectivity index (χ4v) is 3.59. The van der Waals surface area contributed by atoms with Gasteiger partial charge in [0, 0.05) is 23.5 Å². The maximum Gasteiger partial charge on any atom is 0.223 e. The summed E-state index contributed by atoms with van der Waals surface area (Å²) in [4.78, 5) is 8.92. The molecule has 1 aromatic heterocycles. The number of benzene rings is 2. The van der Waals surface area contributed by atoms with Gasteiger partial charge in [0.15, 0.2) is 0 Å². The Labute approximate surface area is 145 Å². The molecule has 1 aliphatic heterocycles. The highest BCUT2D eigenvalue weighted by Crippen LogP contribution is 2.35. The average Bonchev–Trinajstić information content (AvgIpc) is 2.82. The number of halogens is 1. The van der Waals surface area contributed by atoms with E-state index in [1.54, 1.807) is 7.11 Å². The minimum atomic E-state index is 0.288. The minimum Gasteiger partial charge on any atom is -0.497 e. The fourth-order valence-electron chi connectivity index (χ4n) is 3.40. The van der Waals surface area contributed by atoms with Crippen LogP contribution in [0, 0.1) is 0 Å². The maximum atomic E-state index is 6.17. The van der Waals surface area contributed by atoms with E-state index in [1.165, 1.54) is 11.3 Å². The van der Waals surface area contributed by atoms with Crippen molar-refractivity contribution in [1.82, 2.24) is 9.97 Å². The molecule has 1 N–H and O–H groups in total. The molecule has 0 bridgehead atoms. The van der Waals surface area contributed by atoms with E-state index in [9.17, 15) is 0 Å². The Balaban J connectivity index is 1.79. The Hall–Kier alpha value is -2.33. The normalized spacial score (nSPS) is 17.0. The molecule has 4 nitrogen and oxygen atoms in total. The number of methoxy groups -OCH3 is 1. The maximum absolute atomic E-state index is 6.17. The summed E-state index contributed by atoms with van der Waals surface area (Å²) in [6.45, 7) is 0.903. The summed E-state index contributed by atoms with van der Waals surface area (Å²) in [5.41, 5.74) is 4.34. The minimum absolute atomic E-state index is 0.288. The van der Waals surface area contributed by atoms with E-state index < -0.39 is 0 Å². The average molecular weight is 340 g/mol. The largest absolute Gasteiger partial charge is 0.497 e. The zero-order valence-corrected chi connectivity index (χ0v) is 14.2. The van der Waals surface area contributed by atoms with Crippen molar-refractivity contribution in [2.75, 3.05) is 19.0 Å². The number of para-hydroxylation sites is 1. The van der Waals surface area contributed by atoms with Gasteiger partial charge in [-0.15, -0.1) is 0 Å². The van der Waals surface area contributed by atoms with Crippen molar-refractivity contribution in [1.29, 1.82) is 0 Å². The SMILES string of the molecule is COc1ccc2c(c1)CC(c1nc(Cl)nc3ccccc13)CCN2. The van der Waals surface area contributed by atoms with Gasteiger partial charge in [0.05, 0.1) is 18.3 Å². The summed E-state index contributed by atoms with van der Waals surface area (Å²) in [6.07, 6.45) is 1.89. The molecule has 0 spiro atoms. The molecule has 2 heterocycles. The third kappa shape index (κ3) is 2.78. The van der Waals surface area contributed by atoms with Crippen LogP contribution < -0.4 is 10.1 Å². The first-order valence-electron chi connectivity index (χ1n) is 8.07. The van der Waals surface area contributed by atoms with Gasteiger partial charge >= 0.3 is 0 Å². The van der Waals surface area contributed by atoms with Crippen molar-refractivity contribution in [3.8, 4) is 5.75 Å². The molecule has 0 fully saturated rings. The van der Waals surface area contributed by atoms with Gasteiger partial charge in [-0.2, -0.15) is 0 Å². The van der Waals surface area contributed by atoms with Crippen molar-refractivity contribution in [2.45, 2.75) is 18.8 Å². The zero-order valence-electron chi connectivity index (χ0n) is 13.4. The molecule has 1 aliphatic rings. The van der Waals surface area contributed by atoms with Gasteiger partial charge in [-0.3, -0.25) is 0 Å². The molecule has 0 amide bonds. The first-order chi connectivity index (χ1) is 11.7. The number of rotatable bonds is 2. The fraction of sp³-hybridized carbons (Fsp3) is 0.263. The van der Waals surface area contributed by atoms with Gasteiger partial charge in [0.1, 0.15) is 5.75 Å². The van der Waals surface area contributed by atoms with E-state index in [0.29, 0.717) is 5.28 Å². The number of aromatic nitrogens is 2. The van der Waals surface area contributed by atoms with Gasteiger partial charge in [0.2, 0.25) is 5.28 Å². The van der Waals surface area contributed by atoms with E-state index in [4.69, 9.17) is 16.3 Å². The lowest BCUT2D eigenvalue weighted by Gasteiger charge is -2.16. The molecule has 2 aromatic carbocycles. The molecule has 5 heteroatoms. The van der Waals surface area contributed by atoms with Crippen molar-refractivity contribution in [3.05, 3.63) is 59.0 Å². The Morgan fingerprint density at radius 3 is 2.92 bits per heavy atom. The third-order valence-electron chi connectivity index (χ3n) is 4.58. The summed E-state index contributed by atoms with van der Waals surface area (Å²) in [7, 11) is 1.70. The molecule has 0 saturated carbocycles. The monoisotopic (exact) mass is 339 g/mol. The van der Waals surface area contributed by atoms with Crippen LogP contribution in [0.3, 0.4) is 0 Å². The van der Waals surface area contributed by atoms with Crippen LogP contribution in [0.2, 0.25) is 5.28 Å². The van der Waals surface area contributed by atoms with Crippen molar-refractivity contribution in [2.24, 2.45) is 0 Å². The number of nitrogens with zero attached hydrogens (tertiary/aromatic N) is 2. The van der Waals surface area contributed by atoms with E-state index in [2.05, 4.69) is 33.5 Å². The Morgan fingerprint density at radius 1 is 1.17 bits per heavy atom. The highest BCUT2D eigenvalue weighted by atomic mass is 35.5. The van der Waals surface area contributed by atoms with E-state index >= 15 is 0 Å². The highest BCUT2D eigenvalue weighted by Gasteiger charge is 2.22. The standard InChI is InChI=1S/C19H18ClN3O/c1-24-14-6-7-16-13(11-14)10-12(8-9-21-16)18-15-4-2-3-5-17(15)22-19(20)23-18/h2-7,11-12,21H,8-10H2,1H3. The van der Waals surface area contributed by atoms with Crippen LogP contribution in [-0.4, -0.2) is 23.6 Å². The predicted molar refractivity (Wildman–Crippen MR) is 97.1 cm³/mol. The van der Waals surface area contributed by atoms with Gasteiger partial charge in [0.25, 0.3) is 0 Å². The van der Waals surface area contributed by atoms with E-state index in [-0.39, 0.29) is 5.92 Å². The molecular weight excluding hydrogens is 322 g/mol. The molecule has 4 rings (SSSR count). The zero-order chi connectivity index (χ0) is 16.5. The molecule has 0 saturated heterocycles. The predicted octanol–water partition coefficient (Wildman–Crippen LogP) is 4.43. The van der Waals surface area contributed by atoms with Crippen LogP contribution in [0.15, 0.2) is 42.5 Å². The van der Waals surface area contributed by atoms with Crippen LogP contribution in [-0.2, 0) is 6.42 Å². The summed E-state index contributed by atoms with van der Waals surface area (Å²) in [6, 6.07) is 14.2. The second kappa shape index (κ2) is 6.29. The summed E-state index contributed by atoms with van der Waals surface area (Å²) < 4.78 is 5.38. The van der Waals surface area contributed by atoms with E-state index in [1.807, 2.05) is 24.3 Å². The highest BCUT2D eigenvalue weighted by molar-refractivity contribution is 6.28. The number of nitrogens with one attached hydrogen (secondary N) is 1. The molecule has 122 valence electrons. The van der Waals surface area contributed by atoms with Crippen LogP contribution in [0.4, 0.5) is 5.69 Å². The summed E-state index contributed by atoms with van der Waals surface area (Å²) >= 11 is 6.17. The number of hydrogen-bond donors (Lipinski definition) is 1. The van der Waals surface area contributed by atoms with Crippen molar-refractivity contribution in [3.63, 3.8) is 0 Å². The van der Waals surface area contributed by atoms with Crippen molar-refractivity contribution < 1.29 is 4.74 Å². The molecule has 1 unspecified atom stereocenters. The molecule has 24 heavy (non-hydrogen) atoms. The lowest BCUT2D eigenvalue weighted by molar-refractivity contribution is 0.414. The van der Waals surface area contributed by atoms with Crippen LogP contribution in [0.25, 0.3) is 10.9 Å². The quantitative estimate of drug-likeness (QED) is 0.701.